The minimum Gasteiger partial charge on any atom is -0.406 e. The van der Waals surface area contributed by atoms with Crippen LogP contribution in [0, 0.1) is 11.7 Å². The topological polar surface area (TPSA) is 39.4 Å². The molecule has 3 aromatic rings. The largest absolute Gasteiger partial charge is 0.573 e. The van der Waals surface area contributed by atoms with Crippen molar-refractivity contribution in [2.45, 2.75) is 32.2 Å². The van der Waals surface area contributed by atoms with Crippen molar-refractivity contribution in [1.29, 1.82) is 0 Å². The third-order valence-electron chi connectivity index (χ3n) is 6.37. The average Bonchev–Trinajstić information content (AvgIpc) is 3.04. The third kappa shape index (κ3) is 6.39. The predicted octanol–water partition coefficient (Wildman–Crippen LogP) is 6.18. The number of benzene rings is 2. The first-order valence-corrected chi connectivity index (χ1v) is 12.0. The Hall–Kier alpha value is -3.04. The van der Waals surface area contributed by atoms with Gasteiger partial charge in [0.05, 0.1) is 11.4 Å². The van der Waals surface area contributed by atoms with Crippen LogP contribution in [0.5, 0.6) is 5.75 Å². The van der Waals surface area contributed by atoms with Crippen LogP contribution in [-0.2, 0) is 13.6 Å². The lowest BCUT2D eigenvalue weighted by molar-refractivity contribution is -0.274. The first kappa shape index (κ1) is 26.0. The first-order valence-electron chi connectivity index (χ1n) is 11.6. The quantitative estimate of drug-likeness (QED) is 0.347. The van der Waals surface area contributed by atoms with Crippen molar-refractivity contribution in [3.63, 3.8) is 0 Å². The van der Waals surface area contributed by atoms with Crippen LogP contribution in [0.4, 0.5) is 17.6 Å². The molecule has 0 atom stereocenters. The lowest BCUT2D eigenvalue weighted by atomic mass is 9.93. The molecule has 0 saturated carbocycles. The number of hydrogen-bond acceptors (Lipinski definition) is 3. The van der Waals surface area contributed by atoms with Gasteiger partial charge in [-0.2, -0.15) is 0 Å². The average molecular weight is 524 g/mol. The number of nitrogens with zero attached hydrogens (tertiary/aromatic N) is 3. The van der Waals surface area contributed by atoms with Crippen molar-refractivity contribution in [3.8, 4) is 11.4 Å². The maximum Gasteiger partial charge on any atom is 0.573 e. The number of halogens is 5. The number of aromatic nitrogens is 2. The van der Waals surface area contributed by atoms with Gasteiger partial charge in [-0.3, -0.25) is 14.4 Å². The van der Waals surface area contributed by atoms with E-state index >= 15 is 0 Å². The summed E-state index contributed by atoms with van der Waals surface area (Å²) in [6.07, 6.45) is 2.29. The fourth-order valence-electron chi connectivity index (χ4n) is 4.43. The van der Waals surface area contributed by atoms with Gasteiger partial charge in [0.2, 0.25) is 0 Å². The monoisotopic (exact) mass is 523 g/mol. The van der Waals surface area contributed by atoms with Gasteiger partial charge in [0, 0.05) is 13.6 Å². The van der Waals surface area contributed by atoms with Crippen LogP contribution in [0.25, 0.3) is 11.8 Å². The van der Waals surface area contributed by atoms with Crippen LogP contribution in [0.15, 0.2) is 59.4 Å². The molecule has 1 fully saturated rings. The van der Waals surface area contributed by atoms with Crippen molar-refractivity contribution >= 4 is 17.7 Å². The van der Waals surface area contributed by atoms with E-state index in [1.54, 1.807) is 23.9 Å². The zero-order valence-electron chi connectivity index (χ0n) is 19.6. The number of ether oxygens (including phenoxy) is 1. The fraction of sp³-hybridized carbons (Fsp3) is 0.346. The molecule has 0 bridgehead atoms. The maximum absolute atomic E-state index is 13.0. The summed E-state index contributed by atoms with van der Waals surface area (Å²) in [6, 6.07) is 11.5. The van der Waals surface area contributed by atoms with Gasteiger partial charge in [0.25, 0.3) is 5.56 Å². The Bertz CT molecular complexity index is 1260. The Morgan fingerprint density at radius 1 is 1.06 bits per heavy atom. The summed E-state index contributed by atoms with van der Waals surface area (Å²) in [5.74, 6) is -0.0737. The van der Waals surface area contributed by atoms with Gasteiger partial charge in [0.1, 0.15) is 16.6 Å². The zero-order valence-corrected chi connectivity index (χ0v) is 20.4. The van der Waals surface area contributed by atoms with Gasteiger partial charge in [0.15, 0.2) is 0 Å². The highest BCUT2D eigenvalue weighted by molar-refractivity contribution is 6.31. The minimum absolute atomic E-state index is 0.0949. The molecular weight excluding hydrogens is 498 g/mol. The fourth-order valence-corrected chi connectivity index (χ4v) is 4.69. The molecule has 0 radical (unpaired) electrons. The molecule has 1 aromatic heterocycles. The second-order valence-corrected chi connectivity index (χ2v) is 9.23. The van der Waals surface area contributed by atoms with E-state index in [4.69, 9.17) is 11.6 Å². The van der Waals surface area contributed by atoms with E-state index in [0.29, 0.717) is 23.8 Å². The molecule has 0 amide bonds. The molecule has 0 spiro atoms. The molecule has 1 saturated heterocycles. The number of hydrogen-bond donors (Lipinski definition) is 0. The van der Waals surface area contributed by atoms with Crippen LogP contribution in [0.1, 0.15) is 30.5 Å². The molecule has 4 rings (SSSR count). The number of rotatable bonds is 7. The third-order valence-corrected chi connectivity index (χ3v) is 6.75. The molecule has 0 N–H and O–H groups in total. The summed E-state index contributed by atoms with van der Waals surface area (Å²) in [6.45, 7) is 2.20. The molecule has 1 aliphatic heterocycles. The van der Waals surface area contributed by atoms with Crippen molar-refractivity contribution in [1.82, 2.24) is 14.3 Å². The molecule has 1 aliphatic rings. The van der Waals surface area contributed by atoms with Crippen LogP contribution in [-0.4, -0.2) is 33.7 Å². The predicted molar refractivity (Wildman–Crippen MR) is 131 cm³/mol. The summed E-state index contributed by atoms with van der Waals surface area (Å²) in [5, 5.41) is 0.0949. The summed E-state index contributed by atoms with van der Waals surface area (Å²) >= 11 is 6.39. The van der Waals surface area contributed by atoms with Gasteiger partial charge in [-0.05, 0) is 80.2 Å². The van der Waals surface area contributed by atoms with E-state index in [-0.39, 0.29) is 16.6 Å². The van der Waals surface area contributed by atoms with Crippen LogP contribution in [0.3, 0.4) is 0 Å². The van der Waals surface area contributed by atoms with Crippen LogP contribution in [0.2, 0.25) is 5.02 Å². The molecule has 0 unspecified atom stereocenters. The summed E-state index contributed by atoms with van der Waals surface area (Å²) in [7, 11) is 1.70. The van der Waals surface area contributed by atoms with Crippen molar-refractivity contribution in [2.24, 2.45) is 13.0 Å². The Labute approximate surface area is 211 Å². The van der Waals surface area contributed by atoms with Crippen molar-refractivity contribution in [3.05, 3.63) is 87.1 Å². The Morgan fingerprint density at radius 2 is 1.69 bits per heavy atom. The van der Waals surface area contributed by atoms with Gasteiger partial charge < -0.3 is 4.74 Å². The van der Waals surface area contributed by atoms with Crippen molar-refractivity contribution in [2.75, 3.05) is 13.1 Å². The molecule has 0 aliphatic carbocycles. The summed E-state index contributed by atoms with van der Waals surface area (Å²) < 4.78 is 57.2. The Kier molecular flexibility index (Phi) is 7.90. The highest BCUT2D eigenvalue weighted by Gasteiger charge is 2.31. The molecule has 2 aromatic carbocycles. The molecule has 5 nitrogen and oxygen atoms in total. The smallest absolute Gasteiger partial charge is 0.406 e. The van der Waals surface area contributed by atoms with Gasteiger partial charge in [-0.15, -0.1) is 13.2 Å². The number of allylic oxidation sites excluding steroid dienone is 1. The van der Waals surface area contributed by atoms with E-state index in [1.165, 1.54) is 28.9 Å². The van der Waals surface area contributed by atoms with Gasteiger partial charge in [-0.25, -0.2) is 9.07 Å². The lowest BCUT2D eigenvalue weighted by Gasteiger charge is -2.31. The summed E-state index contributed by atoms with van der Waals surface area (Å²) in [4.78, 5) is 15.1. The first-order chi connectivity index (χ1) is 17.1. The lowest BCUT2D eigenvalue weighted by Crippen LogP contribution is -2.34. The van der Waals surface area contributed by atoms with Crippen molar-refractivity contribution < 1.29 is 22.3 Å². The molecular formula is C26H26ClF4N3O2. The van der Waals surface area contributed by atoms with E-state index < -0.39 is 11.9 Å². The highest BCUT2D eigenvalue weighted by atomic mass is 35.5. The highest BCUT2D eigenvalue weighted by Crippen LogP contribution is 2.26. The summed E-state index contributed by atoms with van der Waals surface area (Å²) in [5.41, 5.74) is 1.57. The normalized spacial score (nSPS) is 15.6. The van der Waals surface area contributed by atoms with E-state index in [2.05, 4.69) is 15.7 Å². The second-order valence-electron chi connectivity index (χ2n) is 8.85. The number of likely N-dealkylation sites (tertiary alicyclic amines) is 1. The van der Waals surface area contributed by atoms with Crippen LogP contribution < -0.4 is 10.3 Å². The molecule has 2 heterocycles. The van der Waals surface area contributed by atoms with Gasteiger partial charge >= 0.3 is 6.36 Å². The Balaban J connectivity index is 1.36. The van der Waals surface area contributed by atoms with E-state index in [0.717, 1.165) is 50.0 Å². The molecule has 192 valence electrons. The SMILES string of the molecule is Cn1c(CN2CCC(C/C=C/c3ccc(F)cc3)CC2)c(Cl)c(=O)n1-c1ccc(OC(F)(F)F)cc1. The zero-order chi connectivity index (χ0) is 25.9. The second kappa shape index (κ2) is 10.9. The standard InChI is InChI=1S/C26H26ClF4N3O2/c1-32-23(24(27)25(35)34(32)21-9-11-22(12-10-21)36-26(29,30)31)17-33-15-13-19(14-16-33)4-2-3-18-5-7-20(28)8-6-18/h2-3,5-12,19H,4,13-17H2,1H3/b3-2+. The Morgan fingerprint density at radius 3 is 2.31 bits per heavy atom. The number of piperidine rings is 1. The van der Waals surface area contributed by atoms with Gasteiger partial charge in [-0.1, -0.05) is 35.9 Å². The minimum atomic E-state index is -4.79. The number of alkyl halides is 3. The van der Waals surface area contributed by atoms with E-state index in [9.17, 15) is 22.4 Å². The molecule has 10 heteroatoms. The van der Waals surface area contributed by atoms with Crippen LogP contribution >= 0.6 is 11.6 Å². The van der Waals surface area contributed by atoms with E-state index in [1.807, 2.05) is 6.08 Å². The molecule has 36 heavy (non-hydrogen) atoms. The maximum atomic E-state index is 13.0.